The van der Waals surface area contributed by atoms with Gasteiger partial charge < -0.3 is 10.0 Å². The zero-order chi connectivity index (χ0) is 19.1. The van der Waals surface area contributed by atoms with E-state index in [1.807, 2.05) is 18.2 Å². The third-order valence-corrected chi connectivity index (χ3v) is 5.14. The van der Waals surface area contributed by atoms with E-state index < -0.39 is 23.7 Å². The van der Waals surface area contributed by atoms with E-state index in [2.05, 4.69) is 0 Å². The lowest BCUT2D eigenvalue weighted by Crippen LogP contribution is -2.75. The fourth-order valence-corrected chi connectivity index (χ4v) is 3.94. The van der Waals surface area contributed by atoms with Gasteiger partial charge in [-0.15, -0.1) is 0 Å². The average Bonchev–Trinajstić information content (AvgIpc) is 2.95. The molecule has 1 fully saturated rings. The molecular weight excluding hydrogens is 334 g/mol. The molecule has 4 amide bonds. The third kappa shape index (κ3) is 2.20. The highest BCUT2D eigenvalue weighted by Crippen LogP contribution is 2.45. The van der Waals surface area contributed by atoms with E-state index >= 15 is 0 Å². The van der Waals surface area contributed by atoms with E-state index in [0.29, 0.717) is 11.1 Å². The maximum absolute atomic E-state index is 13.4. The minimum absolute atomic E-state index is 0.163. The topological polar surface area (TPSA) is 81.2 Å². The van der Waals surface area contributed by atoms with Crippen LogP contribution in [0.1, 0.15) is 26.3 Å². The predicted molar refractivity (Wildman–Crippen MR) is 95.7 cm³/mol. The first-order valence-electron chi connectivity index (χ1n) is 8.84. The molecule has 0 aliphatic carbocycles. The third-order valence-electron chi connectivity index (χ3n) is 5.14. The molecule has 0 saturated carbocycles. The number of hydrogen-bond acceptors (Lipinski definition) is 4. The monoisotopic (exact) mass is 357 g/mol. The van der Waals surface area contributed by atoms with Crippen molar-refractivity contribution < 1.29 is 19.5 Å². The lowest BCUT2D eigenvalue weighted by atomic mass is 9.80. The van der Waals surface area contributed by atoms with Crippen LogP contribution in [0.25, 0.3) is 5.57 Å². The molecule has 7 heteroatoms. The smallest absolute Gasteiger partial charge is 0.328 e. The minimum atomic E-state index is -1.63. The molecule has 2 atom stereocenters. The van der Waals surface area contributed by atoms with E-state index in [0.717, 1.165) is 4.90 Å². The normalized spacial score (nSPS) is 26.2. The molecule has 7 nitrogen and oxygen atoms in total. The van der Waals surface area contributed by atoms with Crippen LogP contribution in [0.4, 0.5) is 4.79 Å². The fourth-order valence-electron chi connectivity index (χ4n) is 3.94. The average molecular weight is 357 g/mol. The van der Waals surface area contributed by atoms with Gasteiger partial charge in [0.2, 0.25) is 5.91 Å². The number of likely N-dealkylation sites (N-methyl/N-ethyl adjacent to an activating group) is 3. The lowest BCUT2D eigenvalue weighted by Gasteiger charge is -2.51. The van der Waals surface area contributed by atoms with Crippen LogP contribution in [-0.4, -0.2) is 69.1 Å². The van der Waals surface area contributed by atoms with Crippen LogP contribution in [0.15, 0.2) is 36.4 Å². The second-order valence-electron chi connectivity index (χ2n) is 6.26. The van der Waals surface area contributed by atoms with E-state index in [-0.39, 0.29) is 25.5 Å². The summed E-state index contributed by atoms with van der Waals surface area (Å²) in [5.41, 5.74) is -0.537. The highest BCUT2D eigenvalue weighted by Gasteiger charge is 2.65. The molecule has 1 N–H and O–H groups in total. The number of imide groups is 1. The molecule has 2 aliphatic rings. The first-order valence-corrected chi connectivity index (χ1v) is 8.84. The van der Waals surface area contributed by atoms with Gasteiger partial charge in [-0.2, -0.15) is 0 Å². The van der Waals surface area contributed by atoms with Gasteiger partial charge in [0, 0.05) is 31.3 Å². The van der Waals surface area contributed by atoms with E-state index in [4.69, 9.17) is 0 Å². The van der Waals surface area contributed by atoms with Crippen LogP contribution in [0.5, 0.6) is 0 Å². The first kappa shape index (κ1) is 18.1. The molecule has 0 bridgehead atoms. The molecule has 2 heterocycles. The number of carbonyl (C=O) groups excluding carboxylic acids is 3. The number of amides is 4. The van der Waals surface area contributed by atoms with E-state index in [9.17, 15) is 19.5 Å². The largest absolute Gasteiger partial charge is 0.370 e. The molecule has 1 spiro atoms. The van der Waals surface area contributed by atoms with Crippen molar-refractivity contribution in [3.05, 3.63) is 42.0 Å². The van der Waals surface area contributed by atoms with Crippen LogP contribution in [0, 0.1) is 0 Å². The summed E-state index contributed by atoms with van der Waals surface area (Å²) >= 11 is 0. The summed E-state index contributed by atoms with van der Waals surface area (Å²) in [6.45, 7) is 5.81. The highest BCUT2D eigenvalue weighted by molar-refractivity contribution is 6.18. The van der Waals surface area contributed by atoms with Gasteiger partial charge in [0.15, 0.2) is 11.8 Å². The number of aliphatic hydroxyl groups is 1. The van der Waals surface area contributed by atoms with Gasteiger partial charge in [-0.1, -0.05) is 30.3 Å². The number of hydrogen-bond donors (Lipinski definition) is 1. The van der Waals surface area contributed by atoms with Gasteiger partial charge in [-0.3, -0.25) is 19.4 Å². The van der Waals surface area contributed by atoms with E-state index in [1.54, 1.807) is 32.9 Å². The van der Waals surface area contributed by atoms with Crippen molar-refractivity contribution in [1.82, 2.24) is 14.7 Å². The number of rotatable bonds is 4. The van der Waals surface area contributed by atoms with Crippen LogP contribution in [0.3, 0.4) is 0 Å². The van der Waals surface area contributed by atoms with Crippen molar-refractivity contribution in [3.8, 4) is 0 Å². The first-order chi connectivity index (χ1) is 12.4. The zero-order valence-corrected chi connectivity index (χ0v) is 15.2. The second kappa shape index (κ2) is 6.57. The Morgan fingerprint density at radius 2 is 1.65 bits per heavy atom. The number of benzene rings is 1. The van der Waals surface area contributed by atoms with E-state index in [1.165, 1.54) is 15.9 Å². The Balaban J connectivity index is 2.27. The van der Waals surface area contributed by atoms with Crippen molar-refractivity contribution >= 4 is 23.4 Å². The Bertz CT molecular complexity index is 776. The summed E-state index contributed by atoms with van der Waals surface area (Å²) in [5.74, 6) is -0.912. The van der Waals surface area contributed by atoms with Crippen LogP contribution < -0.4 is 0 Å². The molecule has 0 radical (unpaired) electrons. The predicted octanol–water partition coefficient (Wildman–Crippen LogP) is 1.29. The van der Waals surface area contributed by atoms with Crippen molar-refractivity contribution in [1.29, 1.82) is 0 Å². The molecule has 2 unspecified atom stereocenters. The molecule has 1 aromatic rings. The molecule has 0 aromatic heterocycles. The van der Waals surface area contributed by atoms with Crippen molar-refractivity contribution in [2.75, 3.05) is 19.6 Å². The summed E-state index contributed by atoms with van der Waals surface area (Å²) in [6, 6.07) is 8.50. The molecule has 1 aromatic carbocycles. The molecular formula is C19H23N3O4. The van der Waals surface area contributed by atoms with Crippen molar-refractivity contribution in [2.24, 2.45) is 0 Å². The highest BCUT2D eigenvalue weighted by atomic mass is 16.3. The van der Waals surface area contributed by atoms with Crippen LogP contribution in [0.2, 0.25) is 0 Å². The summed E-state index contributed by atoms with van der Waals surface area (Å²) in [7, 11) is 0. The molecule has 2 aliphatic heterocycles. The molecule has 3 rings (SSSR count). The Morgan fingerprint density at radius 3 is 2.19 bits per heavy atom. The second-order valence-corrected chi connectivity index (χ2v) is 6.26. The van der Waals surface area contributed by atoms with Gasteiger partial charge in [0.05, 0.1) is 0 Å². The Hall–Kier alpha value is -2.67. The van der Waals surface area contributed by atoms with Crippen molar-refractivity contribution in [3.63, 3.8) is 0 Å². The van der Waals surface area contributed by atoms with Crippen LogP contribution >= 0.6 is 0 Å². The van der Waals surface area contributed by atoms with Gasteiger partial charge >= 0.3 is 6.03 Å². The molecule has 26 heavy (non-hydrogen) atoms. The van der Waals surface area contributed by atoms with Gasteiger partial charge in [-0.05, 0) is 26.3 Å². The van der Waals surface area contributed by atoms with Gasteiger partial charge in [0.1, 0.15) is 0 Å². The Kier molecular flexibility index (Phi) is 4.58. The lowest BCUT2D eigenvalue weighted by molar-refractivity contribution is -0.165. The number of aliphatic hydroxyl groups excluding tert-OH is 1. The summed E-state index contributed by atoms with van der Waals surface area (Å²) in [6.07, 6.45) is -0.0506. The quantitative estimate of drug-likeness (QED) is 0.881. The zero-order valence-electron chi connectivity index (χ0n) is 15.2. The standard InChI is InChI=1S/C19H23N3O4/c1-4-20-16(24)19(17(25)21(5-2)18(20)26)14(12-15(23)22(19)6-3)13-10-8-7-9-11-13/h7-12,16,24H,4-6H2,1-3H3. The van der Waals surface area contributed by atoms with Gasteiger partial charge in [-0.25, -0.2) is 4.79 Å². The summed E-state index contributed by atoms with van der Waals surface area (Å²) < 4.78 is 0. The maximum atomic E-state index is 13.4. The number of carbonyl (C=O) groups is 3. The summed E-state index contributed by atoms with van der Waals surface area (Å²) in [4.78, 5) is 42.5. The number of nitrogens with zero attached hydrogens (tertiary/aromatic N) is 3. The fraction of sp³-hybridized carbons (Fsp3) is 0.421. The van der Waals surface area contributed by atoms with Gasteiger partial charge in [0.25, 0.3) is 5.91 Å². The van der Waals surface area contributed by atoms with Crippen LogP contribution in [-0.2, 0) is 9.59 Å². The maximum Gasteiger partial charge on any atom is 0.328 e. The Morgan fingerprint density at radius 1 is 1.00 bits per heavy atom. The Labute approximate surface area is 152 Å². The van der Waals surface area contributed by atoms with Crippen molar-refractivity contribution in [2.45, 2.75) is 32.5 Å². The summed E-state index contributed by atoms with van der Waals surface area (Å²) in [5, 5.41) is 11.1. The number of urea groups is 1. The molecule has 138 valence electrons. The SMILES string of the molecule is CCN1C(=O)N(CC)C(O)C2(C1=O)C(c1ccccc1)=CC(=O)N2CC. The minimum Gasteiger partial charge on any atom is -0.370 e. The molecule has 1 saturated heterocycles.